The molecule has 0 aliphatic heterocycles. The Balaban J connectivity index is 2.38. The summed E-state index contributed by atoms with van der Waals surface area (Å²) in [5, 5.41) is 10.4. The van der Waals surface area contributed by atoms with Crippen LogP contribution in [0.5, 0.6) is 0 Å². The average molecular weight is 347 g/mol. The maximum Gasteiger partial charge on any atom is 0.0946 e. The van der Waals surface area contributed by atoms with Crippen LogP contribution >= 0.6 is 0 Å². The summed E-state index contributed by atoms with van der Waals surface area (Å²) in [5.74, 6) is 0. The van der Waals surface area contributed by atoms with Crippen LogP contribution in [-0.4, -0.2) is 20.2 Å². The zero-order valence-corrected chi connectivity index (χ0v) is 16.2. The van der Waals surface area contributed by atoms with Crippen molar-refractivity contribution in [2.75, 3.05) is 0 Å². The van der Waals surface area contributed by atoms with Crippen LogP contribution in [0.15, 0.2) is 59.0 Å². The first-order chi connectivity index (χ1) is 11.2. The highest BCUT2D eigenvalue weighted by atomic mass is 32.2. The molecule has 0 fully saturated rings. The van der Waals surface area contributed by atoms with Gasteiger partial charge in [0.1, 0.15) is 0 Å². The van der Waals surface area contributed by atoms with Crippen LogP contribution in [0.4, 0.5) is 0 Å². The minimum Gasteiger partial charge on any atom is -0.385 e. The standard InChI is InChI=1S/C21H30O2S/c1-6-21(5,22)19(24(23)18-12-8-7-9-13-18)15-17-11-10-14-20(3,4)16(17)2/h6-9,12-13,19,22H,1,10-11,14-15H2,2-5H3. The average Bonchev–Trinajstić information content (AvgIpc) is 2.56. The van der Waals surface area contributed by atoms with E-state index >= 15 is 0 Å². The SMILES string of the molecule is C=CC(C)(O)C(CC1=C(C)C(C)(C)CCC1)S(=O)c1ccccc1. The van der Waals surface area contributed by atoms with E-state index in [1.165, 1.54) is 23.6 Å². The number of allylic oxidation sites excluding steroid dienone is 2. The molecule has 0 bridgehead atoms. The highest BCUT2D eigenvalue weighted by Crippen LogP contribution is 2.42. The van der Waals surface area contributed by atoms with E-state index in [9.17, 15) is 9.32 Å². The van der Waals surface area contributed by atoms with Crippen LogP contribution in [0.1, 0.15) is 53.4 Å². The Labute approximate surface area is 149 Å². The molecule has 1 aromatic rings. The molecule has 2 rings (SSSR count). The Morgan fingerprint density at radius 3 is 2.58 bits per heavy atom. The molecule has 3 atom stereocenters. The molecule has 3 unspecified atom stereocenters. The molecule has 0 radical (unpaired) electrons. The van der Waals surface area contributed by atoms with Crippen LogP contribution in [0.2, 0.25) is 0 Å². The van der Waals surface area contributed by atoms with Gasteiger partial charge in [-0.05, 0) is 57.1 Å². The molecule has 132 valence electrons. The molecule has 1 N–H and O–H groups in total. The molecule has 0 amide bonds. The molecule has 24 heavy (non-hydrogen) atoms. The van der Waals surface area contributed by atoms with Gasteiger partial charge in [0.05, 0.1) is 21.7 Å². The molecule has 1 aliphatic rings. The first-order valence-corrected chi connectivity index (χ1v) is 9.91. The van der Waals surface area contributed by atoms with E-state index in [2.05, 4.69) is 27.4 Å². The van der Waals surface area contributed by atoms with Crippen LogP contribution in [0.25, 0.3) is 0 Å². The zero-order valence-electron chi connectivity index (χ0n) is 15.3. The summed E-state index contributed by atoms with van der Waals surface area (Å²) < 4.78 is 13.2. The second kappa shape index (κ2) is 7.37. The smallest absolute Gasteiger partial charge is 0.0946 e. The van der Waals surface area contributed by atoms with Crippen molar-refractivity contribution in [1.29, 1.82) is 0 Å². The number of aliphatic hydroxyl groups is 1. The van der Waals surface area contributed by atoms with E-state index in [4.69, 9.17) is 0 Å². The van der Waals surface area contributed by atoms with Gasteiger partial charge in [-0.2, -0.15) is 0 Å². The van der Waals surface area contributed by atoms with Crippen LogP contribution in [-0.2, 0) is 10.8 Å². The largest absolute Gasteiger partial charge is 0.385 e. The van der Waals surface area contributed by atoms with E-state index in [0.29, 0.717) is 6.42 Å². The number of benzene rings is 1. The second-order valence-electron chi connectivity index (χ2n) is 7.70. The number of rotatable bonds is 6. The van der Waals surface area contributed by atoms with Crippen LogP contribution in [0.3, 0.4) is 0 Å². The lowest BCUT2D eigenvalue weighted by atomic mass is 9.72. The van der Waals surface area contributed by atoms with Gasteiger partial charge in [-0.25, -0.2) is 0 Å². The summed E-state index contributed by atoms with van der Waals surface area (Å²) in [6.45, 7) is 12.2. The highest BCUT2D eigenvalue weighted by molar-refractivity contribution is 7.85. The van der Waals surface area contributed by atoms with Gasteiger partial charge in [0.2, 0.25) is 0 Å². The maximum atomic E-state index is 13.2. The summed E-state index contributed by atoms with van der Waals surface area (Å²) in [7, 11) is -1.29. The molecule has 0 saturated carbocycles. The quantitative estimate of drug-likeness (QED) is 0.735. The van der Waals surface area contributed by atoms with Gasteiger partial charge in [-0.3, -0.25) is 4.21 Å². The van der Waals surface area contributed by atoms with Crippen molar-refractivity contribution in [3.05, 3.63) is 54.1 Å². The minimum atomic E-state index is -1.29. The molecule has 0 heterocycles. The minimum absolute atomic E-state index is 0.187. The Kier molecular flexibility index (Phi) is 5.87. The van der Waals surface area contributed by atoms with Crippen molar-refractivity contribution >= 4 is 10.8 Å². The van der Waals surface area contributed by atoms with Crippen molar-refractivity contribution in [1.82, 2.24) is 0 Å². The molecule has 3 heteroatoms. The summed E-state index contributed by atoms with van der Waals surface area (Å²) >= 11 is 0. The summed E-state index contributed by atoms with van der Waals surface area (Å²) in [5.41, 5.74) is 1.76. The predicted octanol–water partition coefficient (Wildman–Crippen LogP) is 5.02. The first kappa shape index (κ1) is 19.1. The normalized spacial score (nSPS) is 22.5. The van der Waals surface area contributed by atoms with Crippen molar-refractivity contribution in [2.24, 2.45) is 5.41 Å². The molecular weight excluding hydrogens is 316 g/mol. The fourth-order valence-corrected chi connectivity index (χ4v) is 5.06. The molecule has 0 saturated heterocycles. The van der Waals surface area contributed by atoms with Gasteiger partial charge in [0.15, 0.2) is 0 Å². The summed E-state index contributed by atoms with van der Waals surface area (Å²) in [6.07, 6.45) is 5.55. The van der Waals surface area contributed by atoms with E-state index in [1.54, 1.807) is 6.92 Å². The topological polar surface area (TPSA) is 37.3 Å². The zero-order chi connectivity index (χ0) is 18.0. The molecule has 0 aromatic heterocycles. The molecule has 2 nitrogen and oxygen atoms in total. The monoisotopic (exact) mass is 346 g/mol. The van der Waals surface area contributed by atoms with Gasteiger partial charge < -0.3 is 5.11 Å². The van der Waals surface area contributed by atoms with E-state index in [0.717, 1.165) is 17.7 Å². The van der Waals surface area contributed by atoms with Gasteiger partial charge >= 0.3 is 0 Å². The Hall–Kier alpha value is -1.19. The van der Waals surface area contributed by atoms with Crippen LogP contribution in [0, 0.1) is 5.41 Å². The van der Waals surface area contributed by atoms with E-state index in [-0.39, 0.29) is 5.41 Å². The fourth-order valence-electron chi connectivity index (χ4n) is 3.43. The van der Waals surface area contributed by atoms with Crippen molar-refractivity contribution in [3.8, 4) is 0 Å². The second-order valence-corrected chi connectivity index (χ2v) is 9.33. The Morgan fingerprint density at radius 2 is 2.00 bits per heavy atom. The molecule has 1 aromatic carbocycles. The Morgan fingerprint density at radius 1 is 1.38 bits per heavy atom. The number of hydrogen-bond donors (Lipinski definition) is 1. The van der Waals surface area contributed by atoms with E-state index in [1.807, 2.05) is 30.3 Å². The van der Waals surface area contributed by atoms with Gasteiger partial charge in [0.25, 0.3) is 0 Å². The van der Waals surface area contributed by atoms with Gasteiger partial charge in [-0.1, -0.05) is 49.3 Å². The first-order valence-electron chi connectivity index (χ1n) is 8.70. The Bertz CT molecular complexity index is 641. The van der Waals surface area contributed by atoms with E-state index < -0.39 is 21.7 Å². The van der Waals surface area contributed by atoms with Crippen molar-refractivity contribution < 1.29 is 9.32 Å². The van der Waals surface area contributed by atoms with Gasteiger partial charge in [-0.15, -0.1) is 6.58 Å². The van der Waals surface area contributed by atoms with Crippen molar-refractivity contribution in [2.45, 2.75) is 69.1 Å². The summed E-state index contributed by atoms with van der Waals surface area (Å²) in [6, 6.07) is 9.43. The lowest BCUT2D eigenvalue weighted by Crippen LogP contribution is -2.41. The van der Waals surface area contributed by atoms with Crippen LogP contribution < -0.4 is 0 Å². The lowest BCUT2D eigenvalue weighted by Gasteiger charge is -2.37. The highest BCUT2D eigenvalue weighted by Gasteiger charge is 2.37. The molecule has 1 aliphatic carbocycles. The van der Waals surface area contributed by atoms with Crippen molar-refractivity contribution in [3.63, 3.8) is 0 Å². The maximum absolute atomic E-state index is 13.2. The summed E-state index contributed by atoms with van der Waals surface area (Å²) in [4.78, 5) is 0.762. The third-order valence-electron chi connectivity index (χ3n) is 5.56. The molecule has 0 spiro atoms. The van der Waals surface area contributed by atoms with Gasteiger partial charge in [0, 0.05) is 4.90 Å². The predicted molar refractivity (Wildman–Crippen MR) is 102 cm³/mol. The third kappa shape index (κ3) is 4.07. The fraction of sp³-hybridized carbons (Fsp3) is 0.524. The molecular formula is C21H30O2S. The number of hydrogen-bond acceptors (Lipinski definition) is 2. The third-order valence-corrected chi connectivity index (χ3v) is 7.45. The lowest BCUT2D eigenvalue weighted by molar-refractivity contribution is 0.106.